The van der Waals surface area contributed by atoms with Crippen molar-refractivity contribution in [2.45, 2.75) is 0 Å². The Morgan fingerprint density at radius 3 is 1.46 bits per heavy atom. The normalized spacial score (nSPS) is 14.0. The van der Waals surface area contributed by atoms with Crippen molar-refractivity contribution in [3.8, 4) is 0 Å². The molecule has 0 aromatic carbocycles. The van der Waals surface area contributed by atoms with Gasteiger partial charge in [-0.3, -0.25) is 4.90 Å². The number of methoxy groups -OCH3 is 1. The van der Waals surface area contributed by atoms with E-state index in [0.29, 0.717) is 24.3 Å². The molecule has 1 saturated heterocycles. The topological polar surface area (TPSA) is 174 Å². The van der Waals surface area contributed by atoms with Gasteiger partial charge in [-0.2, -0.15) is 0 Å². The van der Waals surface area contributed by atoms with Crippen LogP contribution in [-0.4, -0.2) is 95.6 Å². The van der Waals surface area contributed by atoms with Gasteiger partial charge in [-0.05, 0) is 0 Å². The Bertz CT molecular complexity index is 431. The predicted octanol–water partition coefficient (Wildman–Crippen LogP) is -1.04. The molecule has 1 aliphatic heterocycles. The first-order chi connectivity index (χ1) is 12.2. The average molecular weight is 376 g/mol. The van der Waals surface area contributed by atoms with Crippen molar-refractivity contribution in [2.75, 3.05) is 46.4 Å². The minimum absolute atomic E-state index is 0.558. The monoisotopic (exact) mass is 376 g/mol. The molecule has 0 saturated carbocycles. The first-order valence-electron chi connectivity index (χ1n) is 7.39. The molecule has 5 N–H and O–H groups in total. The summed E-state index contributed by atoms with van der Waals surface area (Å²) in [7, 11) is 1.75. The van der Waals surface area contributed by atoms with Gasteiger partial charge in [0.2, 0.25) is 0 Å². The molecule has 26 heavy (non-hydrogen) atoms. The second kappa shape index (κ2) is 17.1. The lowest BCUT2D eigenvalue weighted by Crippen LogP contribution is -2.44. The molecular formula is C15H24N2O9. The molecule has 148 valence electrons. The smallest absolute Gasteiger partial charge is 0.328 e. The Hall–Kier alpha value is -2.76. The summed E-state index contributed by atoms with van der Waals surface area (Å²) < 4.78 is 4.98. The van der Waals surface area contributed by atoms with E-state index < -0.39 is 23.9 Å². The third kappa shape index (κ3) is 23.5. The van der Waals surface area contributed by atoms with Crippen LogP contribution in [0.5, 0.6) is 0 Å². The molecule has 11 heteroatoms. The highest BCUT2D eigenvalue weighted by Gasteiger charge is 2.07. The molecule has 0 atom stereocenters. The number of nitrogens with one attached hydrogen (secondary N) is 1. The number of rotatable bonds is 7. The van der Waals surface area contributed by atoms with Crippen molar-refractivity contribution < 1.29 is 44.3 Å². The molecule has 11 nitrogen and oxygen atoms in total. The first kappa shape index (κ1) is 25.5. The summed E-state index contributed by atoms with van der Waals surface area (Å²) in [6, 6.07) is 0. The lowest BCUT2D eigenvalue weighted by Gasteiger charge is -2.26. The van der Waals surface area contributed by atoms with Gasteiger partial charge >= 0.3 is 23.9 Å². The molecule has 0 spiro atoms. The first-order valence-corrected chi connectivity index (χ1v) is 7.39. The molecule has 0 aromatic heterocycles. The Kier molecular flexibility index (Phi) is 16.7. The standard InChI is InChI=1S/C7H16N2O.2C4H4O4/c1-10-7-6-9-4-2-8-3-5-9;2*5-3(6)1-2-4(7)8/h8H,2-7H2,1H3;2*1-2H,(H,5,6)(H,7,8). The maximum Gasteiger partial charge on any atom is 0.328 e. The van der Waals surface area contributed by atoms with Crippen LogP contribution >= 0.6 is 0 Å². The van der Waals surface area contributed by atoms with Crippen molar-refractivity contribution in [1.82, 2.24) is 10.2 Å². The van der Waals surface area contributed by atoms with E-state index in [4.69, 9.17) is 25.2 Å². The van der Waals surface area contributed by atoms with Crippen molar-refractivity contribution in [2.24, 2.45) is 0 Å². The zero-order chi connectivity index (χ0) is 20.4. The van der Waals surface area contributed by atoms with Crippen molar-refractivity contribution >= 4 is 23.9 Å². The number of aliphatic carboxylic acids is 4. The van der Waals surface area contributed by atoms with Crippen LogP contribution in [0.2, 0.25) is 0 Å². The highest BCUT2D eigenvalue weighted by Crippen LogP contribution is 1.90. The second-order valence-corrected chi connectivity index (χ2v) is 4.60. The number of piperazine rings is 1. The Morgan fingerprint density at radius 1 is 0.846 bits per heavy atom. The highest BCUT2D eigenvalue weighted by atomic mass is 16.5. The van der Waals surface area contributed by atoms with Crippen LogP contribution in [0, 0.1) is 0 Å². The van der Waals surface area contributed by atoms with Crippen LogP contribution in [0.3, 0.4) is 0 Å². The summed E-state index contributed by atoms with van der Waals surface area (Å²) in [6.45, 7) is 6.54. The SMILES string of the molecule is COCCN1CCNCC1.O=C(O)C=CC(=O)O.O=C(O)C=CC(=O)O. The van der Waals surface area contributed by atoms with Gasteiger partial charge in [-0.1, -0.05) is 0 Å². The molecule has 0 bridgehead atoms. The fourth-order valence-electron chi connectivity index (χ4n) is 1.44. The molecule has 0 radical (unpaired) electrons. The van der Waals surface area contributed by atoms with E-state index in [1.54, 1.807) is 7.11 Å². The van der Waals surface area contributed by atoms with E-state index in [0.717, 1.165) is 26.2 Å². The van der Waals surface area contributed by atoms with E-state index in [-0.39, 0.29) is 0 Å². The number of carbonyl (C=O) groups is 4. The second-order valence-electron chi connectivity index (χ2n) is 4.60. The molecule has 0 unspecified atom stereocenters. The van der Waals surface area contributed by atoms with E-state index in [1.165, 1.54) is 13.1 Å². The Morgan fingerprint density at radius 2 is 1.19 bits per heavy atom. The third-order valence-corrected chi connectivity index (χ3v) is 2.56. The van der Waals surface area contributed by atoms with Gasteiger partial charge in [-0.15, -0.1) is 0 Å². The number of carboxylic acid groups (broad SMARTS) is 4. The van der Waals surface area contributed by atoms with E-state index >= 15 is 0 Å². The van der Waals surface area contributed by atoms with Crippen LogP contribution in [-0.2, 0) is 23.9 Å². The van der Waals surface area contributed by atoms with Gasteiger partial charge in [0.05, 0.1) is 6.61 Å². The molecule has 0 aromatic rings. The summed E-state index contributed by atoms with van der Waals surface area (Å²) in [5.41, 5.74) is 0. The fourth-order valence-corrected chi connectivity index (χ4v) is 1.44. The van der Waals surface area contributed by atoms with Crippen LogP contribution in [0.4, 0.5) is 0 Å². The van der Waals surface area contributed by atoms with E-state index in [1.807, 2.05) is 0 Å². The van der Waals surface area contributed by atoms with E-state index in [9.17, 15) is 19.2 Å². The minimum atomic E-state index is -1.26. The number of hydrogen-bond acceptors (Lipinski definition) is 7. The van der Waals surface area contributed by atoms with Crippen molar-refractivity contribution in [1.29, 1.82) is 0 Å². The van der Waals surface area contributed by atoms with Gasteiger partial charge in [0, 0.05) is 64.1 Å². The zero-order valence-corrected chi connectivity index (χ0v) is 14.3. The molecular weight excluding hydrogens is 352 g/mol. The average Bonchev–Trinajstić information content (AvgIpc) is 2.58. The molecule has 1 heterocycles. The Balaban J connectivity index is 0. The number of nitrogens with zero attached hydrogens (tertiary/aromatic N) is 1. The molecule has 0 aliphatic carbocycles. The van der Waals surface area contributed by atoms with Gasteiger partial charge < -0.3 is 30.5 Å². The number of carboxylic acids is 4. The van der Waals surface area contributed by atoms with Gasteiger partial charge in [0.1, 0.15) is 0 Å². The van der Waals surface area contributed by atoms with Crippen LogP contribution < -0.4 is 5.32 Å². The van der Waals surface area contributed by atoms with Crippen LogP contribution in [0.25, 0.3) is 0 Å². The summed E-state index contributed by atoms with van der Waals surface area (Å²) in [5, 5.41) is 34.6. The van der Waals surface area contributed by atoms with Crippen molar-refractivity contribution in [3.63, 3.8) is 0 Å². The maximum absolute atomic E-state index is 9.55. The number of hydrogen-bond donors (Lipinski definition) is 5. The zero-order valence-electron chi connectivity index (χ0n) is 14.3. The van der Waals surface area contributed by atoms with E-state index in [2.05, 4.69) is 10.2 Å². The van der Waals surface area contributed by atoms with Crippen LogP contribution in [0.15, 0.2) is 24.3 Å². The quantitative estimate of drug-likeness (QED) is 0.343. The van der Waals surface area contributed by atoms with Gasteiger partial charge in [0.15, 0.2) is 0 Å². The summed E-state index contributed by atoms with van der Waals surface area (Å²) in [4.78, 5) is 40.6. The summed E-state index contributed by atoms with van der Waals surface area (Å²) >= 11 is 0. The van der Waals surface area contributed by atoms with Gasteiger partial charge in [0.25, 0.3) is 0 Å². The highest BCUT2D eigenvalue weighted by molar-refractivity contribution is 5.90. The fraction of sp³-hybridized carbons (Fsp3) is 0.467. The molecule has 0 amide bonds. The maximum atomic E-state index is 9.55. The summed E-state index contributed by atoms with van der Waals surface area (Å²) in [6.07, 6.45) is 2.23. The molecule has 1 rings (SSSR count). The van der Waals surface area contributed by atoms with Gasteiger partial charge in [-0.25, -0.2) is 19.2 Å². The lowest BCUT2D eigenvalue weighted by atomic mass is 10.4. The van der Waals surface area contributed by atoms with Crippen molar-refractivity contribution in [3.05, 3.63) is 24.3 Å². The number of ether oxygens (including phenoxy) is 1. The molecule has 1 aliphatic rings. The molecule has 1 fully saturated rings. The predicted molar refractivity (Wildman–Crippen MR) is 90.0 cm³/mol. The van der Waals surface area contributed by atoms with Crippen LogP contribution in [0.1, 0.15) is 0 Å². The Labute approximate surface area is 150 Å². The minimum Gasteiger partial charge on any atom is -0.478 e. The largest absolute Gasteiger partial charge is 0.478 e. The summed E-state index contributed by atoms with van der Waals surface area (Å²) in [5.74, 6) is -5.03. The third-order valence-electron chi connectivity index (χ3n) is 2.56. The lowest BCUT2D eigenvalue weighted by molar-refractivity contribution is -0.134.